The van der Waals surface area contributed by atoms with Crippen LogP contribution in [0.15, 0.2) is 48.0 Å². The molecule has 1 saturated heterocycles. The summed E-state index contributed by atoms with van der Waals surface area (Å²) in [5, 5.41) is 12.6. The van der Waals surface area contributed by atoms with Gasteiger partial charge in [-0.3, -0.25) is 14.9 Å². The van der Waals surface area contributed by atoms with Gasteiger partial charge in [0.15, 0.2) is 11.5 Å². The molecule has 0 aromatic heterocycles. The van der Waals surface area contributed by atoms with Crippen LogP contribution in [0.4, 0.5) is 10.5 Å². The van der Waals surface area contributed by atoms with Crippen molar-refractivity contribution in [3.63, 3.8) is 0 Å². The Hall–Kier alpha value is -4.34. The Labute approximate surface area is 169 Å². The van der Waals surface area contributed by atoms with Gasteiger partial charge in [-0.05, 0) is 35.9 Å². The first-order valence-corrected chi connectivity index (χ1v) is 8.66. The van der Waals surface area contributed by atoms with Crippen molar-refractivity contribution in [2.45, 2.75) is 0 Å². The molecule has 0 unspecified atom stereocenters. The molecule has 1 N–H and O–H groups in total. The molecule has 4 amide bonds. The molecule has 10 nitrogen and oxygen atoms in total. The topological polar surface area (TPSA) is 134 Å². The van der Waals surface area contributed by atoms with Crippen molar-refractivity contribution < 1.29 is 38.5 Å². The maximum absolute atomic E-state index is 12.9. The maximum Gasteiger partial charge on any atom is 0.335 e. The Kier molecular flexibility index (Phi) is 4.80. The van der Waals surface area contributed by atoms with Gasteiger partial charge in [-0.25, -0.2) is 9.69 Å². The minimum Gasteiger partial charge on any atom is -0.546 e. The zero-order valence-electron chi connectivity index (χ0n) is 15.2. The number of amides is 4. The minimum absolute atomic E-state index is 0.0330. The van der Waals surface area contributed by atoms with Crippen molar-refractivity contribution in [2.24, 2.45) is 0 Å². The first-order chi connectivity index (χ1) is 14.4. The van der Waals surface area contributed by atoms with E-state index in [1.807, 2.05) is 0 Å². The molecule has 30 heavy (non-hydrogen) atoms. The second-order valence-electron chi connectivity index (χ2n) is 6.23. The van der Waals surface area contributed by atoms with Crippen LogP contribution in [0.3, 0.4) is 0 Å². The van der Waals surface area contributed by atoms with Gasteiger partial charge in [0.2, 0.25) is 6.79 Å². The molecule has 2 aromatic carbocycles. The van der Waals surface area contributed by atoms with Crippen molar-refractivity contribution in [1.82, 2.24) is 5.32 Å². The van der Waals surface area contributed by atoms with Gasteiger partial charge in [0.1, 0.15) is 17.9 Å². The summed E-state index contributed by atoms with van der Waals surface area (Å²) in [6.45, 7) is -0.570. The smallest absolute Gasteiger partial charge is 0.335 e. The van der Waals surface area contributed by atoms with E-state index in [-0.39, 0.29) is 23.8 Å². The fourth-order valence-corrected chi connectivity index (χ4v) is 2.89. The lowest BCUT2D eigenvalue weighted by molar-refractivity contribution is -0.307. The van der Waals surface area contributed by atoms with Crippen LogP contribution >= 0.6 is 0 Å². The maximum atomic E-state index is 12.9. The Morgan fingerprint density at radius 2 is 1.83 bits per heavy atom. The first-order valence-electron chi connectivity index (χ1n) is 8.66. The van der Waals surface area contributed by atoms with E-state index >= 15 is 0 Å². The predicted molar refractivity (Wildman–Crippen MR) is 98.5 cm³/mol. The fourth-order valence-electron chi connectivity index (χ4n) is 2.89. The summed E-state index contributed by atoms with van der Waals surface area (Å²) in [6.07, 6.45) is 1.31. The fraction of sp³-hybridized carbons (Fsp3) is 0.100. The van der Waals surface area contributed by atoms with E-state index in [1.54, 1.807) is 6.07 Å². The number of carboxylic acids is 1. The normalized spacial score (nSPS) is 16.6. The van der Waals surface area contributed by atoms with Gasteiger partial charge in [0.05, 0.1) is 11.7 Å². The van der Waals surface area contributed by atoms with Crippen molar-refractivity contribution in [2.75, 3.05) is 18.3 Å². The highest BCUT2D eigenvalue weighted by Gasteiger charge is 2.37. The quantitative estimate of drug-likeness (QED) is 0.547. The van der Waals surface area contributed by atoms with E-state index in [2.05, 4.69) is 5.32 Å². The molecule has 0 radical (unpaired) electrons. The number of hydrogen-bond acceptors (Lipinski definition) is 8. The average Bonchev–Trinajstić information content (AvgIpc) is 3.18. The number of anilines is 1. The van der Waals surface area contributed by atoms with E-state index < -0.39 is 30.4 Å². The summed E-state index contributed by atoms with van der Waals surface area (Å²) in [7, 11) is 0. The number of ether oxygens (including phenoxy) is 3. The van der Waals surface area contributed by atoms with Gasteiger partial charge in [-0.15, -0.1) is 0 Å². The van der Waals surface area contributed by atoms with Crippen molar-refractivity contribution in [3.8, 4) is 17.2 Å². The van der Waals surface area contributed by atoms with Gasteiger partial charge in [-0.2, -0.15) is 0 Å². The molecule has 2 aromatic rings. The van der Waals surface area contributed by atoms with E-state index in [0.717, 1.165) is 4.90 Å². The lowest BCUT2D eigenvalue weighted by atomic mass is 10.1. The number of nitrogens with one attached hydrogen (secondary N) is 1. The number of benzene rings is 2. The summed E-state index contributed by atoms with van der Waals surface area (Å²) in [5.74, 6) is -1.87. The molecule has 4 rings (SSSR count). The number of carboxylic acid groups (broad SMARTS) is 1. The van der Waals surface area contributed by atoms with Crippen LogP contribution in [0, 0.1) is 0 Å². The van der Waals surface area contributed by atoms with Crippen LogP contribution in [0.1, 0.15) is 5.56 Å². The number of carbonyl (C=O) groups is 4. The largest absolute Gasteiger partial charge is 0.546 e. The number of imide groups is 2. The Morgan fingerprint density at radius 3 is 2.57 bits per heavy atom. The molecule has 0 atom stereocenters. The van der Waals surface area contributed by atoms with Crippen LogP contribution in [0.2, 0.25) is 0 Å². The van der Waals surface area contributed by atoms with Crippen LogP contribution < -0.4 is 29.5 Å². The first kappa shape index (κ1) is 19.0. The van der Waals surface area contributed by atoms with Gasteiger partial charge in [-0.1, -0.05) is 12.1 Å². The summed E-state index contributed by atoms with van der Waals surface area (Å²) in [4.78, 5) is 48.7. The SMILES string of the molecule is O=C([O-])COc1ccc(/C=C2/C(=O)NC(=O)N(c3ccc4c(c3)OCO4)C2=O)cc1. The van der Waals surface area contributed by atoms with Crippen LogP contribution in [0.5, 0.6) is 17.2 Å². The predicted octanol–water partition coefficient (Wildman–Crippen LogP) is 0.210. The molecular formula is C20H13N2O8-. The number of carbonyl (C=O) groups excluding carboxylic acids is 4. The number of urea groups is 1. The molecule has 2 aliphatic rings. The molecule has 2 aliphatic heterocycles. The average molecular weight is 409 g/mol. The molecule has 0 aliphatic carbocycles. The number of aliphatic carboxylic acids is 1. The molecule has 0 saturated carbocycles. The van der Waals surface area contributed by atoms with Gasteiger partial charge in [0, 0.05) is 6.07 Å². The van der Waals surface area contributed by atoms with E-state index in [1.165, 1.54) is 42.5 Å². The Bertz CT molecular complexity index is 1090. The summed E-state index contributed by atoms with van der Waals surface area (Å²) < 4.78 is 15.5. The highest BCUT2D eigenvalue weighted by atomic mass is 16.7. The summed E-state index contributed by atoms with van der Waals surface area (Å²) in [6, 6.07) is 9.65. The number of fused-ring (bicyclic) bond motifs is 1. The van der Waals surface area contributed by atoms with Crippen molar-refractivity contribution in [1.29, 1.82) is 0 Å². The molecule has 0 bridgehead atoms. The molecule has 1 fully saturated rings. The Morgan fingerprint density at radius 1 is 1.10 bits per heavy atom. The third-order valence-corrected chi connectivity index (χ3v) is 4.26. The van der Waals surface area contributed by atoms with Gasteiger partial charge >= 0.3 is 6.03 Å². The van der Waals surface area contributed by atoms with Gasteiger partial charge in [0.25, 0.3) is 11.8 Å². The summed E-state index contributed by atoms with van der Waals surface area (Å²) >= 11 is 0. The molecular weight excluding hydrogens is 396 g/mol. The van der Waals surface area contributed by atoms with Crippen LogP contribution in [0.25, 0.3) is 6.08 Å². The van der Waals surface area contributed by atoms with Gasteiger partial charge < -0.3 is 24.1 Å². The highest BCUT2D eigenvalue weighted by molar-refractivity contribution is 6.39. The number of rotatable bonds is 5. The highest BCUT2D eigenvalue weighted by Crippen LogP contribution is 2.36. The number of nitrogens with zero attached hydrogens (tertiary/aromatic N) is 1. The lowest BCUT2D eigenvalue weighted by Crippen LogP contribution is -2.54. The van der Waals surface area contributed by atoms with E-state index in [0.29, 0.717) is 17.1 Å². The second-order valence-corrected chi connectivity index (χ2v) is 6.23. The zero-order chi connectivity index (χ0) is 21.3. The molecule has 152 valence electrons. The molecule has 10 heteroatoms. The second kappa shape index (κ2) is 7.59. The molecule has 2 heterocycles. The molecule has 0 spiro atoms. The van der Waals surface area contributed by atoms with Crippen molar-refractivity contribution in [3.05, 3.63) is 53.6 Å². The van der Waals surface area contributed by atoms with E-state index in [4.69, 9.17) is 14.2 Å². The summed E-state index contributed by atoms with van der Waals surface area (Å²) in [5.41, 5.74) is 0.427. The minimum atomic E-state index is -1.36. The standard InChI is InChI=1S/C20H14N2O8/c23-17(24)9-28-13-4-1-11(2-5-13)7-14-18(25)21-20(27)22(19(14)26)12-3-6-15-16(8-12)30-10-29-15/h1-8H,9-10H2,(H,23,24)(H,21,25,27)/p-1/b14-7-. The third kappa shape index (κ3) is 3.65. The van der Waals surface area contributed by atoms with Crippen LogP contribution in [-0.4, -0.2) is 37.2 Å². The van der Waals surface area contributed by atoms with E-state index in [9.17, 15) is 24.3 Å². The van der Waals surface area contributed by atoms with Crippen LogP contribution in [-0.2, 0) is 14.4 Å². The Balaban J connectivity index is 1.60. The lowest BCUT2D eigenvalue weighted by Gasteiger charge is -2.26. The number of hydrogen-bond donors (Lipinski definition) is 1. The zero-order valence-corrected chi connectivity index (χ0v) is 15.2. The monoisotopic (exact) mass is 409 g/mol. The third-order valence-electron chi connectivity index (χ3n) is 4.26. The van der Waals surface area contributed by atoms with Crippen molar-refractivity contribution >= 4 is 35.6 Å². The number of barbiturate groups is 1.